The summed E-state index contributed by atoms with van der Waals surface area (Å²) in [4.78, 5) is 15.3. The van der Waals surface area contributed by atoms with Crippen LogP contribution in [0.2, 0.25) is 0 Å². The molecule has 1 aromatic heterocycles. The van der Waals surface area contributed by atoms with Gasteiger partial charge in [0, 0.05) is 18.7 Å². The molecule has 0 radical (unpaired) electrons. The molecule has 0 amide bonds. The van der Waals surface area contributed by atoms with Crippen molar-refractivity contribution >= 4 is 17.6 Å². The SMILES string of the molecule is CCOC(=O)CCC(Cl)c1cncn1C(C)C. The topological polar surface area (TPSA) is 44.1 Å². The number of carbonyl (C=O) groups is 1. The van der Waals surface area contributed by atoms with Gasteiger partial charge in [-0.15, -0.1) is 11.6 Å². The lowest BCUT2D eigenvalue weighted by Crippen LogP contribution is -2.09. The molecule has 4 nitrogen and oxygen atoms in total. The molecule has 0 aromatic carbocycles. The van der Waals surface area contributed by atoms with Gasteiger partial charge in [0.2, 0.25) is 0 Å². The number of halogens is 1. The number of ether oxygens (including phenoxy) is 1. The Bertz CT molecular complexity index is 363. The maximum Gasteiger partial charge on any atom is 0.305 e. The Labute approximate surface area is 107 Å². The molecule has 1 atom stereocenters. The highest BCUT2D eigenvalue weighted by Gasteiger charge is 2.16. The van der Waals surface area contributed by atoms with Crippen LogP contribution < -0.4 is 0 Å². The van der Waals surface area contributed by atoms with Crippen LogP contribution in [0.25, 0.3) is 0 Å². The average molecular weight is 259 g/mol. The Balaban J connectivity index is 2.55. The Hall–Kier alpha value is -1.03. The molecule has 17 heavy (non-hydrogen) atoms. The minimum Gasteiger partial charge on any atom is -0.466 e. The molecule has 0 aliphatic rings. The van der Waals surface area contributed by atoms with Crippen LogP contribution >= 0.6 is 11.6 Å². The third-order valence-corrected chi connectivity index (χ3v) is 2.92. The summed E-state index contributed by atoms with van der Waals surface area (Å²) in [6.45, 7) is 6.35. The van der Waals surface area contributed by atoms with Crippen molar-refractivity contribution in [1.29, 1.82) is 0 Å². The van der Waals surface area contributed by atoms with Crippen molar-refractivity contribution in [3.8, 4) is 0 Å². The normalized spacial score (nSPS) is 12.8. The molecule has 0 N–H and O–H groups in total. The first-order valence-electron chi connectivity index (χ1n) is 5.87. The number of carbonyl (C=O) groups excluding carboxylic acids is 1. The van der Waals surface area contributed by atoms with Gasteiger partial charge in [0.05, 0.1) is 24.0 Å². The number of rotatable bonds is 6. The Kier molecular flexibility index (Phi) is 5.48. The maximum absolute atomic E-state index is 11.2. The number of imidazole rings is 1. The van der Waals surface area contributed by atoms with E-state index >= 15 is 0 Å². The fourth-order valence-corrected chi connectivity index (χ4v) is 1.89. The molecule has 0 saturated carbocycles. The lowest BCUT2D eigenvalue weighted by atomic mass is 10.2. The summed E-state index contributed by atoms with van der Waals surface area (Å²) in [6, 6.07) is 0.316. The predicted molar refractivity (Wildman–Crippen MR) is 67.1 cm³/mol. The molecular formula is C12H19ClN2O2. The van der Waals surface area contributed by atoms with Crippen LogP contribution in [0.4, 0.5) is 0 Å². The monoisotopic (exact) mass is 258 g/mol. The van der Waals surface area contributed by atoms with Crippen LogP contribution in [0.15, 0.2) is 12.5 Å². The number of aromatic nitrogens is 2. The number of nitrogens with zero attached hydrogens (tertiary/aromatic N) is 2. The van der Waals surface area contributed by atoms with Crippen molar-refractivity contribution in [2.45, 2.75) is 45.0 Å². The summed E-state index contributed by atoms with van der Waals surface area (Å²) in [7, 11) is 0. The number of hydrogen-bond acceptors (Lipinski definition) is 3. The van der Waals surface area contributed by atoms with E-state index in [0.717, 1.165) is 5.69 Å². The van der Waals surface area contributed by atoms with Crippen LogP contribution in [-0.4, -0.2) is 22.1 Å². The largest absolute Gasteiger partial charge is 0.466 e. The summed E-state index contributed by atoms with van der Waals surface area (Å²) in [6.07, 6.45) is 4.42. The van der Waals surface area contributed by atoms with Crippen LogP contribution in [0.1, 0.15) is 50.7 Å². The standard InChI is InChI=1S/C12H19ClN2O2/c1-4-17-12(16)6-5-10(13)11-7-14-8-15(11)9(2)3/h7-10H,4-6H2,1-3H3. The van der Waals surface area contributed by atoms with Gasteiger partial charge in [-0.3, -0.25) is 4.79 Å². The molecule has 96 valence electrons. The summed E-state index contributed by atoms with van der Waals surface area (Å²) in [5, 5.41) is -0.204. The number of hydrogen-bond donors (Lipinski definition) is 0. The van der Waals surface area contributed by atoms with Crippen LogP contribution in [0.5, 0.6) is 0 Å². The summed E-state index contributed by atoms with van der Waals surface area (Å²) >= 11 is 6.27. The maximum atomic E-state index is 11.2. The quantitative estimate of drug-likeness (QED) is 0.582. The molecule has 0 aliphatic heterocycles. The minimum atomic E-state index is -0.204. The third-order valence-electron chi connectivity index (χ3n) is 2.48. The van der Waals surface area contributed by atoms with E-state index in [2.05, 4.69) is 18.8 Å². The second kappa shape index (κ2) is 6.64. The molecule has 0 aliphatic carbocycles. The van der Waals surface area contributed by atoms with Gasteiger partial charge in [-0.25, -0.2) is 4.98 Å². The molecule has 1 aromatic rings. The molecule has 0 bridgehead atoms. The summed E-state index contributed by atoms with van der Waals surface area (Å²) in [5.74, 6) is -0.200. The molecule has 1 heterocycles. The van der Waals surface area contributed by atoms with Gasteiger partial charge < -0.3 is 9.30 Å². The van der Waals surface area contributed by atoms with E-state index in [1.807, 2.05) is 4.57 Å². The highest BCUT2D eigenvalue weighted by atomic mass is 35.5. The third kappa shape index (κ3) is 4.04. The molecule has 0 fully saturated rings. The van der Waals surface area contributed by atoms with E-state index in [1.54, 1.807) is 19.4 Å². The number of esters is 1. The second-order valence-corrected chi connectivity index (χ2v) is 4.66. The van der Waals surface area contributed by atoms with Gasteiger partial charge in [-0.05, 0) is 27.2 Å². The van der Waals surface area contributed by atoms with Gasteiger partial charge in [-0.2, -0.15) is 0 Å². The van der Waals surface area contributed by atoms with Gasteiger partial charge in [0.1, 0.15) is 0 Å². The van der Waals surface area contributed by atoms with E-state index in [1.165, 1.54) is 0 Å². The van der Waals surface area contributed by atoms with Gasteiger partial charge in [0.25, 0.3) is 0 Å². The van der Waals surface area contributed by atoms with E-state index in [9.17, 15) is 4.79 Å². The van der Waals surface area contributed by atoms with Crippen molar-refractivity contribution in [3.63, 3.8) is 0 Å². The first-order chi connectivity index (χ1) is 8.06. The Morgan fingerprint density at radius 2 is 2.29 bits per heavy atom. The fraction of sp³-hybridized carbons (Fsp3) is 0.667. The zero-order chi connectivity index (χ0) is 12.8. The van der Waals surface area contributed by atoms with E-state index in [0.29, 0.717) is 25.5 Å². The lowest BCUT2D eigenvalue weighted by Gasteiger charge is -2.15. The van der Waals surface area contributed by atoms with Gasteiger partial charge in [-0.1, -0.05) is 0 Å². The highest BCUT2D eigenvalue weighted by Crippen LogP contribution is 2.27. The van der Waals surface area contributed by atoms with Crippen LogP contribution in [0, 0.1) is 0 Å². The molecule has 1 unspecified atom stereocenters. The van der Waals surface area contributed by atoms with Gasteiger partial charge >= 0.3 is 5.97 Å². The average Bonchev–Trinajstić information content (AvgIpc) is 2.75. The lowest BCUT2D eigenvalue weighted by molar-refractivity contribution is -0.143. The predicted octanol–water partition coefficient (Wildman–Crippen LogP) is 3.09. The zero-order valence-corrected chi connectivity index (χ0v) is 11.3. The fourth-order valence-electron chi connectivity index (χ4n) is 1.61. The van der Waals surface area contributed by atoms with E-state index in [4.69, 9.17) is 16.3 Å². The van der Waals surface area contributed by atoms with Crippen LogP contribution in [0.3, 0.4) is 0 Å². The van der Waals surface area contributed by atoms with Crippen molar-refractivity contribution in [1.82, 2.24) is 9.55 Å². The van der Waals surface area contributed by atoms with E-state index in [-0.39, 0.29) is 11.3 Å². The van der Waals surface area contributed by atoms with Gasteiger partial charge in [0.15, 0.2) is 0 Å². The molecule has 5 heteroatoms. The Morgan fingerprint density at radius 3 is 2.88 bits per heavy atom. The minimum absolute atomic E-state index is 0.200. The smallest absolute Gasteiger partial charge is 0.305 e. The summed E-state index contributed by atoms with van der Waals surface area (Å²) in [5.41, 5.74) is 0.950. The van der Waals surface area contributed by atoms with Crippen molar-refractivity contribution in [3.05, 3.63) is 18.2 Å². The zero-order valence-electron chi connectivity index (χ0n) is 10.5. The molecule has 0 saturated heterocycles. The molecule has 1 rings (SSSR count). The first kappa shape index (κ1) is 14.0. The van der Waals surface area contributed by atoms with Crippen molar-refractivity contribution < 1.29 is 9.53 Å². The van der Waals surface area contributed by atoms with E-state index < -0.39 is 0 Å². The first-order valence-corrected chi connectivity index (χ1v) is 6.31. The molecule has 0 spiro atoms. The second-order valence-electron chi connectivity index (χ2n) is 4.13. The molecular weight excluding hydrogens is 240 g/mol. The number of alkyl halides is 1. The summed E-state index contributed by atoms with van der Waals surface area (Å²) < 4.78 is 6.88. The Morgan fingerprint density at radius 1 is 1.59 bits per heavy atom. The van der Waals surface area contributed by atoms with Crippen LogP contribution in [-0.2, 0) is 9.53 Å². The highest BCUT2D eigenvalue weighted by molar-refractivity contribution is 6.20. The van der Waals surface area contributed by atoms with Crippen molar-refractivity contribution in [2.75, 3.05) is 6.61 Å². The van der Waals surface area contributed by atoms with Crippen molar-refractivity contribution in [2.24, 2.45) is 0 Å².